The summed E-state index contributed by atoms with van der Waals surface area (Å²) in [4.78, 5) is 13.1. The predicted octanol–water partition coefficient (Wildman–Crippen LogP) is 4.45. The minimum atomic E-state index is -0.242. The number of nitrogens with one attached hydrogen (secondary N) is 1. The normalized spacial score (nSPS) is 11.0. The van der Waals surface area contributed by atoms with Crippen LogP contribution in [0.3, 0.4) is 0 Å². The zero-order valence-corrected chi connectivity index (χ0v) is 17.6. The number of fused-ring (bicyclic) bond motifs is 1. The smallest absolute Gasteiger partial charge is 0.262 e. The summed E-state index contributed by atoms with van der Waals surface area (Å²) in [6.45, 7) is 5.58. The van der Waals surface area contributed by atoms with Crippen molar-refractivity contribution in [3.63, 3.8) is 0 Å². The van der Waals surface area contributed by atoms with Crippen LogP contribution in [-0.4, -0.2) is 32.3 Å². The molecule has 0 aliphatic rings. The van der Waals surface area contributed by atoms with Gasteiger partial charge in [0.15, 0.2) is 12.4 Å². The SMILES string of the molecule is Cc1ccc(-c2nn3c(C)nnc3s2)cc1NC(=O)COc1ccc(Cl)cc1C. The maximum atomic E-state index is 12.4. The first-order valence-corrected chi connectivity index (χ1v) is 10.1. The van der Waals surface area contributed by atoms with Crippen molar-refractivity contribution in [1.82, 2.24) is 19.8 Å². The molecule has 0 radical (unpaired) electrons. The van der Waals surface area contributed by atoms with Gasteiger partial charge in [0.2, 0.25) is 4.96 Å². The molecule has 0 spiro atoms. The average molecular weight is 428 g/mol. The number of carbonyl (C=O) groups excluding carboxylic acids is 1. The van der Waals surface area contributed by atoms with Crippen LogP contribution in [0.4, 0.5) is 5.69 Å². The highest BCUT2D eigenvalue weighted by molar-refractivity contribution is 7.19. The molecule has 7 nitrogen and oxygen atoms in total. The third kappa shape index (κ3) is 4.08. The first kappa shape index (κ1) is 19.4. The van der Waals surface area contributed by atoms with Crippen LogP contribution < -0.4 is 10.1 Å². The van der Waals surface area contributed by atoms with E-state index in [-0.39, 0.29) is 12.5 Å². The second kappa shape index (κ2) is 7.81. The second-order valence-corrected chi connectivity index (χ2v) is 8.02. The number of ether oxygens (including phenoxy) is 1. The lowest BCUT2D eigenvalue weighted by atomic mass is 10.1. The summed E-state index contributed by atoms with van der Waals surface area (Å²) in [5.41, 5.74) is 3.44. The second-order valence-electron chi connectivity index (χ2n) is 6.63. The number of rotatable bonds is 5. The minimum absolute atomic E-state index is 0.0952. The molecule has 9 heteroatoms. The molecular weight excluding hydrogens is 410 g/mol. The number of aryl methyl sites for hydroxylation is 3. The van der Waals surface area contributed by atoms with Gasteiger partial charge < -0.3 is 10.1 Å². The molecule has 0 saturated carbocycles. The van der Waals surface area contributed by atoms with E-state index in [9.17, 15) is 4.79 Å². The van der Waals surface area contributed by atoms with Gasteiger partial charge in [0.1, 0.15) is 10.8 Å². The highest BCUT2D eigenvalue weighted by Crippen LogP contribution is 2.29. The summed E-state index contributed by atoms with van der Waals surface area (Å²) in [5.74, 6) is 1.12. The molecule has 0 saturated heterocycles. The number of aromatic nitrogens is 4. The lowest BCUT2D eigenvalue weighted by Crippen LogP contribution is -2.21. The van der Waals surface area contributed by atoms with E-state index < -0.39 is 0 Å². The van der Waals surface area contributed by atoms with Crippen molar-refractivity contribution in [3.8, 4) is 16.3 Å². The lowest BCUT2D eigenvalue weighted by Gasteiger charge is -2.12. The predicted molar refractivity (Wildman–Crippen MR) is 114 cm³/mol. The summed E-state index contributed by atoms with van der Waals surface area (Å²) < 4.78 is 7.33. The Bertz CT molecular complexity index is 1220. The Morgan fingerprint density at radius 1 is 1.14 bits per heavy atom. The molecule has 2 aromatic heterocycles. The monoisotopic (exact) mass is 427 g/mol. The van der Waals surface area contributed by atoms with Gasteiger partial charge in [0.25, 0.3) is 5.91 Å². The van der Waals surface area contributed by atoms with Crippen LogP contribution in [0.2, 0.25) is 5.02 Å². The van der Waals surface area contributed by atoms with Crippen LogP contribution in [0.1, 0.15) is 17.0 Å². The maximum absolute atomic E-state index is 12.4. The fraction of sp³-hybridized carbons (Fsp3) is 0.200. The largest absolute Gasteiger partial charge is 0.483 e. The number of carbonyl (C=O) groups is 1. The zero-order valence-electron chi connectivity index (χ0n) is 16.1. The topological polar surface area (TPSA) is 81.4 Å². The molecule has 0 fully saturated rings. The molecule has 0 bridgehead atoms. The maximum Gasteiger partial charge on any atom is 0.262 e. The molecule has 1 amide bonds. The van der Waals surface area contributed by atoms with E-state index in [2.05, 4.69) is 20.6 Å². The van der Waals surface area contributed by atoms with Crippen LogP contribution in [-0.2, 0) is 4.79 Å². The van der Waals surface area contributed by atoms with Gasteiger partial charge in [-0.2, -0.15) is 9.61 Å². The lowest BCUT2D eigenvalue weighted by molar-refractivity contribution is -0.118. The van der Waals surface area contributed by atoms with E-state index in [0.717, 1.165) is 32.5 Å². The quantitative estimate of drug-likeness (QED) is 0.509. The van der Waals surface area contributed by atoms with Gasteiger partial charge in [0, 0.05) is 16.3 Å². The summed E-state index contributed by atoms with van der Waals surface area (Å²) in [6.07, 6.45) is 0. The van der Waals surface area contributed by atoms with Crippen LogP contribution >= 0.6 is 22.9 Å². The van der Waals surface area contributed by atoms with Crippen molar-refractivity contribution < 1.29 is 9.53 Å². The molecule has 29 heavy (non-hydrogen) atoms. The van der Waals surface area contributed by atoms with Gasteiger partial charge in [-0.15, -0.1) is 10.2 Å². The number of anilines is 1. The van der Waals surface area contributed by atoms with Gasteiger partial charge in [-0.05, 0) is 56.2 Å². The minimum Gasteiger partial charge on any atom is -0.483 e. The van der Waals surface area contributed by atoms with Gasteiger partial charge in [-0.3, -0.25) is 4.79 Å². The Morgan fingerprint density at radius 3 is 2.72 bits per heavy atom. The highest BCUT2D eigenvalue weighted by Gasteiger charge is 2.13. The Labute approximate surface area is 176 Å². The first-order chi connectivity index (χ1) is 13.9. The van der Waals surface area contributed by atoms with Crippen molar-refractivity contribution in [2.24, 2.45) is 0 Å². The van der Waals surface area contributed by atoms with Gasteiger partial charge in [-0.25, -0.2) is 0 Å². The molecule has 0 unspecified atom stereocenters. The molecule has 2 heterocycles. The number of nitrogens with zero attached hydrogens (tertiary/aromatic N) is 4. The Hall–Kier alpha value is -2.97. The van der Waals surface area contributed by atoms with Crippen molar-refractivity contribution in [2.75, 3.05) is 11.9 Å². The van der Waals surface area contributed by atoms with Crippen molar-refractivity contribution in [3.05, 3.63) is 58.4 Å². The van der Waals surface area contributed by atoms with E-state index in [4.69, 9.17) is 16.3 Å². The Morgan fingerprint density at radius 2 is 1.97 bits per heavy atom. The molecule has 0 aliphatic heterocycles. The van der Waals surface area contributed by atoms with Crippen LogP contribution in [0.25, 0.3) is 15.5 Å². The molecule has 4 rings (SSSR count). The Balaban J connectivity index is 1.49. The van der Waals surface area contributed by atoms with Gasteiger partial charge >= 0.3 is 0 Å². The molecule has 148 valence electrons. The van der Waals surface area contributed by atoms with Crippen LogP contribution in [0.15, 0.2) is 36.4 Å². The highest BCUT2D eigenvalue weighted by atomic mass is 35.5. The van der Waals surface area contributed by atoms with E-state index in [0.29, 0.717) is 16.5 Å². The summed E-state index contributed by atoms with van der Waals surface area (Å²) >= 11 is 7.39. The third-order valence-corrected chi connectivity index (χ3v) is 5.58. The first-order valence-electron chi connectivity index (χ1n) is 8.89. The molecular formula is C20H18ClN5O2S. The fourth-order valence-corrected chi connectivity index (χ4v) is 3.93. The van der Waals surface area contributed by atoms with Crippen molar-refractivity contribution >= 4 is 39.5 Å². The van der Waals surface area contributed by atoms with E-state index in [1.807, 2.05) is 39.0 Å². The molecule has 4 aromatic rings. The van der Waals surface area contributed by atoms with Crippen molar-refractivity contribution in [1.29, 1.82) is 0 Å². The number of amides is 1. The van der Waals surface area contributed by atoms with Gasteiger partial charge in [0.05, 0.1) is 0 Å². The van der Waals surface area contributed by atoms with Gasteiger partial charge in [-0.1, -0.05) is 35.1 Å². The summed E-state index contributed by atoms with van der Waals surface area (Å²) in [6, 6.07) is 11.1. The molecule has 2 aromatic carbocycles. The van der Waals surface area contributed by atoms with E-state index >= 15 is 0 Å². The summed E-state index contributed by atoms with van der Waals surface area (Å²) in [5, 5.41) is 17.0. The Kier molecular flexibility index (Phi) is 5.21. The molecule has 1 N–H and O–H groups in total. The fourth-order valence-electron chi connectivity index (χ4n) is 2.83. The molecule has 0 aliphatic carbocycles. The third-order valence-electron chi connectivity index (χ3n) is 4.40. The zero-order chi connectivity index (χ0) is 20.5. The molecule has 0 atom stereocenters. The number of hydrogen-bond acceptors (Lipinski definition) is 6. The number of halogens is 1. The average Bonchev–Trinajstić information content (AvgIpc) is 3.25. The van der Waals surface area contributed by atoms with Crippen molar-refractivity contribution in [2.45, 2.75) is 20.8 Å². The van der Waals surface area contributed by atoms with E-state index in [1.54, 1.807) is 22.7 Å². The van der Waals surface area contributed by atoms with Crippen LogP contribution in [0.5, 0.6) is 5.75 Å². The number of benzene rings is 2. The van der Waals surface area contributed by atoms with E-state index in [1.165, 1.54) is 11.3 Å². The van der Waals surface area contributed by atoms with Crippen LogP contribution in [0, 0.1) is 20.8 Å². The summed E-state index contributed by atoms with van der Waals surface area (Å²) in [7, 11) is 0. The number of hydrogen-bond donors (Lipinski definition) is 1. The standard InChI is InChI=1S/C20H18ClN5O2S/c1-11-4-5-14(19-25-26-13(3)23-24-20(26)29-19)9-16(11)22-18(27)10-28-17-7-6-15(21)8-12(17)2/h4-9H,10H2,1-3H3,(H,22,27).